The minimum Gasteiger partial charge on any atom is -0.494 e. The fourth-order valence-corrected chi connectivity index (χ4v) is 3.07. The summed E-state index contributed by atoms with van der Waals surface area (Å²) in [5.74, 6) is -0.0841. The van der Waals surface area contributed by atoms with Gasteiger partial charge >= 0.3 is 0 Å². The smallest absolute Gasteiger partial charge is 0.240 e. The number of amides is 1. The van der Waals surface area contributed by atoms with Crippen LogP contribution in [0.25, 0.3) is 11.4 Å². The maximum absolute atomic E-state index is 13.9. The number of nitrogens with one attached hydrogen (secondary N) is 2. The molecule has 3 rings (SSSR count). The van der Waals surface area contributed by atoms with Crippen molar-refractivity contribution in [2.24, 2.45) is 0 Å². The van der Waals surface area contributed by atoms with Gasteiger partial charge in [0.1, 0.15) is 6.54 Å². The zero-order chi connectivity index (χ0) is 20.3. The van der Waals surface area contributed by atoms with Crippen LogP contribution in [0, 0.1) is 10.6 Å². The molecule has 1 aromatic heterocycles. The molecule has 0 aliphatic heterocycles. The van der Waals surface area contributed by atoms with Crippen molar-refractivity contribution in [1.82, 2.24) is 20.1 Å². The lowest BCUT2D eigenvalue weighted by molar-refractivity contribution is -0.122. The molecule has 146 valence electrons. The zero-order valence-electron chi connectivity index (χ0n) is 15.2. The predicted molar refractivity (Wildman–Crippen MR) is 107 cm³/mol. The van der Waals surface area contributed by atoms with Gasteiger partial charge in [0, 0.05) is 10.6 Å². The first-order valence-electron chi connectivity index (χ1n) is 8.43. The van der Waals surface area contributed by atoms with Crippen molar-refractivity contribution in [1.29, 1.82) is 0 Å². The summed E-state index contributed by atoms with van der Waals surface area (Å²) in [6, 6.07) is 11.2. The number of nitrogens with zero attached hydrogens (tertiary/aromatic N) is 2. The highest BCUT2D eigenvalue weighted by Gasteiger charge is 2.16. The Labute approximate surface area is 171 Å². The molecule has 6 nitrogen and oxygen atoms in total. The molecule has 0 aliphatic carbocycles. The Kier molecular flexibility index (Phi) is 6.11. The van der Waals surface area contributed by atoms with Gasteiger partial charge in [-0.05, 0) is 61.1 Å². The van der Waals surface area contributed by atoms with Gasteiger partial charge in [-0.1, -0.05) is 17.7 Å². The van der Waals surface area contributed by atoms with Crippen LogP contribution in [0.4, 0.5) is 4.39 Å². The molecule has 9 heteroatoms. The number of halogens is 2. The number of hydrogen-bond acceptors (Lipinski definition) is 4. The highest BCUT2D eigenvalue weighted by molar-refractivity contribution is 7.71. The molecule has 2 aromatic carbocycles. The van der Waals surface area contributed by atoms with Crippen LogP contribution in [0.2, 0.25) is 5.02 Å². The van der Waals surface area contributed by atoms with Crippen molar-refractivity contribution >= 4 is 29.7 Å². The quantitative estimate of drug-likeness (QED) is 0.583. The number of aromatic amines is 1. The Morgan fingerprint density at radius 2 is 2.07 bits per heavy atom. The molecule has 0 saturated carbocycles. The standard InChI is InChI=1S/C19H18ClFN4O2S/c1-11(13-5-8-16(27-2)15(21)9-13)22-17(26)10-25-18(23-24-19(25)28)12-3-6-14(20)7-4-12/h3-9,11H,10H2,1-2H3,(H,22,26)(H,24,28). The molecule has 0 radical (unpaired) electrons. The lowest BCUT2D eigenvalue weighted by Crippen LogP contribution is -2.30. The highest BCUT2D eigenvalue weighted by Crippen LogP contribution is 2.22. The van der Waals surface area contributed by atoms with Gasteiger partial charge in [0.2, 0.25) is 5.91 Å². The van der Waals surface area contributed by atoms with Gasteiger partial charge in [0.15, 0.2) is 22.2 Å². The average molecular weight is 421 g/mol. The van der Waals surface area contributed by atoms with Crippen molar-refractivity contribution in [3.8, 4) is 17.1 Å². The molecule has 0 bridgehead atoms. The fraction of sp³-hybridized carbons (Fsp3) is 0.211. The van der Waals surface area contributed by atoms with Crippen molar-refractivity contribution in [3.63, 3.8) is 0 Å². The third-order valence-electron chi connectivity index (χ3n) is 4.22. The summed E-state index contributed by atoms with van der Waals surface area (Å²) in [6.07, 6.45) is 0. The Bertz CT molecular complexity index is 1050. The maximum atomic E-state index is 13.9. The van der Waals surface area contributed by atoms with E-state index in [9.17, 15) is 9.18 Å². The van der Waals surface area contributed by atoms with E-state index in [1.54, 1.807) is 41.8 Å². The molecule has 1 heterocycles. The van der Waals surface area contributed by atoms with Gasteiger partial charge in [-0.25, -0.2) is 4.39 Å². The number of carbonyl (C=O) groups excluding carboxylic acids is 1. The van der Waals surface area contributed by atoms with Crippen LogP contribution in [0.5, 0.6) is 5.75 Å². The van der Waals surface area contributed by atoms with E-state index in [-0.39, 0.29) is 18.2 Å². The molecule has 28 heavy (non-hydrogen) atoms. The van der Waals surface area contributed by atoms with Crippen LogP contribution in [-0.2, 0) is 11.3 Å². The van der Waals surface area contributed by atoms with E-state index >= 15 is 0 Å². The van der Waals surface area contributed by atoms with E-state index in [0.29, 0.717) is 21.2 Å². The second kappa shape index (κ2) is 8.53. The maximum Gasteiger partial charge on any atom is 0.240 e. The molecule has 1 atom stereocenters. The van der Waals surface area contributed by atoms with Crippen LogP contribution in [0.3, 0.4) is 0 Å². The third kappa shape index (κ3) is 4.40. The molecule has 1 unspecified atom stereocenters. The molecule has 3 aromatic rings. The summed E-state index contributed by atoms with van der Waals surface area (Å²) in [6.45, 7) is 1.74. The van der Waals surface area contributed by atoms with E-state index in [1.165, 1.54) is 19.2 Å². The number of rotatable bonds is 6. The molecule has 2 N–H and O–H groups in total. The summed E-state index contributed by atoms with van der Waals surface area (Å²) in [7, 11) is 1.40. The number of H-pyrrole nitrogens is 1. The SMILES string of the molecule is COc1ccc(C(C)NC(=O)Cn2c(-c3ccc(Cl)cc3)n[nH]c2=S)cc1F. The number of benzene rings is 2. The van der Waals surface area contributed by atoms with Gasteiger partial charge in [0.05, 0.1) is 13.2 Å². The summed E-state index contributed by atoms with van der Waals surface area (Å²) < 4.78 is 20.7. The first-order valence-corrected chi connectivity index (χ1v) is 9.21. The summed E-state index contributed by atoms with van der Waals surface area (Å²) in [5.41, 5.74) is 1.40. The van der Waals surface area contributed by atoms with Crippen LogP contribution >= 0.6 is 23.8 Å². The van der Waals surface area contributed by atoms with Crippen molar-refractivity contribution in [3.05, 3.63) is 63.6 Å². The minimum absolute atomic E-state index is 0.0315. The van der Waals surface area contributed by atoms with E-state index < -0.39 is 11.9 Å². The predicted octanol–water partition coefficient (Wildman–Crippen LogP) is 4.29. The number of ether oxygens (including phenoxy) is 1. The molecule has 0 fully saturated rings. The Hall–Kier alpha value is -2.71. The topological polar surface area (TPSA) is 71.9 Å². The number of carbonyl (C=O) groups is 1. The van der Waals surface area contributed by atoms with Gasteiger partial charge in [-0.2, -0.15) is 5.10 Å². The second-order valence-corrected chi connectivity index (χ2v) is 6.95. The average Bonchev–Trinajstić information content (AvgIpc) is 3.02. The Balaban J connectivity index is 1.75. The van der Waals surface area contributed by atoms with Gasteiger partial charge < -0.3 is 10.1 Å². The summed E-state index contributed by atoms with van der Waals surface area (Å²) in [4.78, 5) is 12.5. The van der Waals surface area contributed by atoms with E-state index in [1.807, 2.05) is 0 Å². The molecular weight excluding hydrogens is 403 g/mol. The van der Waals surface area contributed by atoms with E-state index in [0.717, 1.165) is 5.56 Å². The van der Waals surface area contributed by atoms with Gasteiger partial charge in [-0.3, -0.25) is 14.5 Å². The third-order valence-corrected chi connectivity index (χ3v) is 4.78. The Morgan fingerprint density at radius 3 is 2.71 bits per heavy atom. The van der Waals surface area contributed by atoms with E-state index in [4.69, 9.17) is 28.6 Å². The van der Waals surface area contributed by atoms with Crippen LogP contribution in [0.15, 0.2) is 42.5 Å². The first-order chi connectivity index (χ1) is 13.4. The molecule has 0 spiro atoms. The van der Waals surface area contributed by atoms with Crippen molar-refractivity contribution < 1.29 is 13.9 Å². The fourth-order valence-electron chi connectivity index (χ4n) is 2.75. The molecule has 0 saturated heterocycles. The molecule has 0 aliphatic rings. The van der Waals surface area contributed by atoms with Crippen molar-refractivity contribution in [2.45, 2.75) is 19.5 Å². The monoisotopic (exact) mass is 420 g/mol. The second-order valence-electron chi connectivity index (χ2n) is 6.13. The van der Waals surface area contributed by atoms with Crippen molar-refractivity contribution in [2.75, 3.05) is 7.11 Å². The zero-order valence-corrected chi connectivity index (χ0v) is 16.8. The van der Waals surface area contributed by atoms with Crippen LogP contribution in [0.1, 0.15) is 18.5 Å². The highest BCUT2D eigenvalue weighted by atomic mass is 35.5. The number of aromatic nitrogens is 3. The molecule has 1 amide bonds. The lowest BCUT2D eigenvalue weighted by Gasteiger charge is -2.16. The summed E-state index contributed by atoms with van der Waals surface area (Å²) >= 11 is 11.2. The Morgan fingerprint density at radius 1 is 1.36 bits per heavy atom. The van der Waals surface area contributed by atoms with E-state index in [2.05, 4.69) is 15.5 Å². The first kappa shape index (κ1) is 20.0. The largest absolute Gasteiger partial charge is 0.494 e. The normalized spacial score (nSPS) is 11.9. The van der Waals surface area contributed by atoms with Crippen LogP contribution < -0.4 is 10.1 Å². The number of methoxy groups -OCH3 is 1. The molecular formula is C19H18ClFN4O2S. The van der Waals surface area contributed by atoms with Gasteiger partial charge in [-0.15, -0.1) is 0 Å². The minimum atomic E-state index is -0.483. The van der Waals surface area contributed by atoms with Crippen LogP contribution in [-0.4, -0.2) is 27.8 Å². The lowest BCUT2D eigenvalue weighted by atomic mass is 10.1. The number of hydrogen-bond donors (Lipinski definition) is 2. The summed E-state index contributed by atoms with van der Waals surface area (Å²) in [5, 5.41) is 10.3. The van der Waals surface area contributed by atoms with Gasteiger partial charge in [0.25, 0.3) is 0 Å².